The summed E-state index contributed by atoms with van der Waals surface area (Å²) in [5, 5.41) is 13.8. The van der Waals surface area contributed by atoms with Crippen molar-refractivity contribution in [1.82, 2.24) is 19.7 Å². The van der Waals surface area contributed by atoms with Gasteiger partial charge in [0.15, 0.2) is 0 Å². The fraction of sp³-hybridized carbons (Fsp3) is 0.647. The predicted molar refractivity (Wildman–Crippen MR) is 86.7 cm³/mol. The summed E-state index contributed by atoms with van der Waals surface area (Å²) in [6, 6.07) is 2.07. The molecule has 0 aliphatic heterocycles. The van der Waals surface area contributed by atoms with Crippen LogP contribution in [0.3, 0.4) is 0 Å². The molecule has 0 spiro atoms. The van der Waals surface area contributed by atoms with E-state index >= 15 is 0 Å². The van der Waals surface area contributed by atoms with Crippen molar-refractivity contribution in [2.75, 3.05) is 6.54 Å². The van der Waals surface area contributed by atoms with E-state index in [4.69, 9.17) is 0 Å². The Balaban J connectivity index is 1.69. The van der Waals surface area contributed by atoms with E-state index in [9.17, 15) is 5.11 Å². The third-order valence-electron chi connectivity index (χ3n) is 4.98. The van der Waals surface area contributed by atoms with Gasteiger partial charge in [-0.2, -0.15) is 0 Å². The molecule has 22 heavy (non-hydrogen) atoms. The van der Waals surface area contributed by atoms with E-state index in [0.29, 0.717) is 0 Å². The lowest BCUT2D eigenvalue weighted by atomic mass is 9.73. The predicted octanol–water partition coefficient (Wildman–Crippen LogP) is 2.38. The summed E-state index contributed by atoms with van der Waals surface area (Å²) in [6.07, 6.45) is 6.08. The smallest absolute Gasteiger partial charge is 0.234 e. The molecular weight excluding hydrogens is 276 g/mol. The third kappa shape index (κ3) is 2.88. The average Bonchev–Trinajstić information content (AvgIpc) is 2.85. The molecule has 0 saturated heterocycles. The normalized spacial score (nSPS) is 25.7. The second-order valence-electron chi connectivity index (χ2n) is 6.94. The Morgan fingerprint density at radius 1 is 1.41 bits per heavy atom. The van der Waals surface area contributed by atoms with Crippen LogP contribution in [0.5, 0.6) is 0 Å². The molecule has 1 aliphatic carbocycles. The number of aliphatic hydroxyl groups excluding tert-OH is 1. The van der Waals surface area contributed by atoms with Gasteiger partial charge in [-0.05, 0) is 32.8 Å². The molecule has 2 atom stereocenters. The molecule has 5 nitrogen and oxygen atoms in total. The first-order valence-electron chi connectivity index (χ1n) is 8.19. The van der Waals surface area contributed by atoms with Crippen LogP contribution in [0.1, 0.15) is 49.7 Å². The summed E-state index contributed by atoms with van der Waals surface area (Å²) >= 11 is 0. The van der Waals surface area contributed by atoms with Gasteiger partial charge in [-0.15, -0.1) is 0 Å². The van der Waals surface area contributed by atoms with Crippen molar-refractivity contribution in [2.45, 2.75) is 59.1 Å². The van der Waals surface area contributed by atoms with E-state index in [2.05, 4.69) is 39.6 Å². The van der Waals surface area contributed by atoms with Crippen molar-refractivity contribution in [3.05, 3.63) is 29.3 Å². The average molecular weight is 302 g/mol. The standard InChI is InChI=1S/C17H26N4O/c1-12-8-13(2)21-14(10-19-16(21)20-12)9-18-11-17(3)7-5-4-6-15(17)22/h8,10,15,18,22H,4-7,9,11H2,1-3H3. The van der Waals surface area contributed by atoms with Crippen LogP contribution >= 0.6 is 0 Å². The van der Waals surface area contributed by atoms with E-state index in [-0.39, 0.29) is 11.5 Å². The lowest BCUT2D eigenvalue weighted by Crippen LogP contribution is -2.43. The number of aryl methyl sites for hydroxylation is 2. The van der Waals surface area contributed by atoms with Crippen LogP contribution in [-0.4, -0.2) is 32.1 Å². The summed E-state index contributed by atoms with van der Waals surface area (Å²) in [7, 11) is 0. The van der Waals surface area contributed by atoms with Gasteiger partial charge >= 0.3 is 0 Å². The number of nitrogens with zero attached hydrogens (tertiary/aromatic N) is 3. The van der Waals surface area contributed by atoms with Gasteiger partial charge in [-0.1, -0.05) is 19.8 Å². The molecule has 1 saturated carbocycles. The first-order valence-corrected chi connectivity index (χ1v) is 8.19. The number of aliphatic hydroxyl groups is 1. The number of hydrogen-bond donors (Lipinski definition) is 2. The van der Waals surface area contributed by atoms with E-state index in [1.807, 2.05) is 13.1 Å². The Kier molecular flexibility index (Phi) is 4.19. The van der Waals surface area contributed by atoms with E-state index in [1.54, 1.807) is 0 Å². The van der Waals surface area contributed by atoms with Gasteiger partial charge in [0.2, 0.25) is 5.78 Å². The Labute approximate surface area is 131 Å². The Bertz CT molecular complexity index is 666. The summed E-state index contributed by atoms with van der Waals surface area (Å²) in [5.41, 5.74) is 3.25. The van der Waals surface area contributed by atoms with Crippen LogP contribution in [0.25, 0.3) is 5.78 Å². The van der Waals surface area contributed by atoms with Crippen molar-refractivity contribution in [2.24, 2.45) is 5.41 Å². The molecule has 1 aliphatic rings. The number of nitrogens with one attached hydrogen (secondary N) is 1. The minimum Gasteiger partial charge on any atom is -0.393 e. The molecule has 2 heterocycles. The van der Waals surface area contributed by atoms with Crippen LogP contribution in [-0.2, 0) is 6.54 Å². The first kappa shape index (κ1) is 15.4. The number of rotatable bonds is 4. The fourth-order valence-corrected chi connectivity index (χ4v) is 3.58. The van der Waals surface area contributed by atoms with Gasteiger partial charge in [-0.25, -0.2) is 9.97 Å². The summed E-state index contributed by atoms with van der Waals surface area (Å²) < 4.78 is 2.10. The number of hydrogen-bond acceptors (Lipinski definition) is 4. The maximum Gasteiger partial charge on any atom is 0.234 e. The van der Waals surface area contributed by atoms with Gasteiger partial charge in [0.05, 0.1) is 18.0 Å². The lowest BCUT2D eigenvalue weighted by Gasteiger charge is -2.38. The highest BCUT2D eigenvalue weighted by Crippen LogP contribution is 2.35. The second-order valence-corrected chi connectivity index (χ2v) is 6.94. The zero-order chi connectivity index (χ0) is 15.7. The van der Waals surface area contributed by atoms with E-state index < -0.39 is 0 Å². The minimum absolute atomic E-state index is 0.0113. The Morgan fingerprint density at radius 3 is 3.00 bits per heavy atom. The quantitative estimate of drug-likeness (QED) is 0.910. The molecule has 1 fully saturated rings. The van der Waals surface area contributed by atoms with Crippen LogP contribution in [0.2, 0.25) is 0 Å². The summed E-state index contributed by atoms with van der Waals surface area (Å²) in [4.78, 5) is 8.87. The van der Waals surface area contributed by atoms with Crippen LogP contribution in [0.4, 0.5) is 0 Å². The second kappa shape index (κ2) is 5.97. The molecule has 2 unspecified atom stereocenters. The topological polar surface area (TPSA) is 62.5 Å². The monoisotopic (exact) mass is 302 g/mol. The van der Waals surface area contributed by atoms with Crippen molar-refractivity contribution >= 4 is 5.78 Å². The minimum atomic E-state index is -0.193. The molecule has 0 amide bonds. The van der Waals surface area contributed by atoms with E-state index in [1.165, 1.54) is 6.42 Å². The van der Waals surface area contributed by atoms with Gasteiger partial charge in [0, 0.05) is 29.9 Å². The highest BCUT2D eigenvalue weighted by molar-refractivity contribution is 5.35. The van der Waals surface area contributed by atoms with Gasteiger partial charge in [0.1, 0.15) is 0 Å². The van der Waals surface area contributed by atoms with Gasteiger partial charge < -0.3 is 10.4 Å². The van der Waals surface area contributed by atoms with Crippen molar-refractivity contribution in [3.63, 3.8) is 0 Å². The molecule has 2 aromatic heterocycles. The van der Waals surface area contributed by atoms with Crippen LogP contribution < -0.4 is 5.32 Å². The van der Waals surface area contributed by atoms with E-state index in [0.717, 1.165) is 55.2 Å². The van der Waals surface area contributed by atoms with Crippen molar-refractivity contribution in [1.29, 1.82) is 0 Å². The highest BCUT2D eigenvalue weighted by Gasteiger charge is 2.34. The molecule has 120 valence electrons. The van der Waals surface area contributed by atoms with Gasteiger partial charge in [-0.3, -0.25) is 4.40 Å². The summed E-state index contributed by atoms with van der Waals surface area (Å²) in [6.45, 7) is 7.84. The fourth-order valence-electron chi connectivity index (χ4n) is 3.58. The maximum atomic E-state index is 10.3. The molecule has 3 rings (SSSR count). The van der Waals surface area contributed by atoms with Crippen molar-refractivity contribution < 1.29 is 5.11 Å². The largest absolute Gasteiger partial charge is 0.393 e. The SMILES string of the molecule is Cc1cc(C)n2c(CNCC3(C)CCCCC3O)cnc2n1. The molecule has 5 heteroatoms. The Morgan fingerprint density at radius 2 is 2.23 bits per heavy atom. The molecule has 2 aromatic rings. The molecular formula is C17H26N4O. The highest BCUT2D eigenvalue weighted by atomic mass is 16.3. The van der Waals surface area contributed by atoms with Crippen molar-refractivity contribution in [3.8, 4) is 0 Å². The molecule has 0 radical (unpaired) electrons. The number of aromatic nitrogens is 3. The molecule has 0 bridgehead atoms. The lowest BCUT2D eigenvalue weighted by molar-refractivity contribution is 0.00110. The first-order chi connectivity index (χ1) is 10.5. The maximum absolute atomic E-state index is 10.3. The summed E-state index contributed by atoms with van der Waals surface area (Å²) in [5.74, 6) is 0.762. The Hall–Kier alpha value is -1.46. The van der Waals surface area contributed by atoms with Crippen LogP contribution in [0, 0.1) is 19.3 Å². The van der Waals surface area contributed by atoms with Gasteiger partial charge in [0.25, 0.3) is 0 Å². The zero-order valence-corrected chi connectivity index (χ0v) is 13.8. The van der Waals surface area contributed by atoms with Crippen LogP contribution in [0.15, 0.2) is 12.3 Å². The number of fused-ring (bicyclic) bond motifs is 1. The molecule has 0 aromatic carbocycles. The molecule has 2 N–H and O–H groups in total. The zero-order valence-electron chi connectivity index (χ0n) is 13.8. The number of imidazole rings is 1. The third-order valence-corrected chi connectivity index (χ3v) is 4.98.